The lowest BCUT2D eigenvalue weighted by atomic mass is 10.00. The van der Waals surface area contributed by atoms with Crippen molar-refractivity contribution in [3.63, 3.8) is 0 Å². The van der Waals surface area contributed by atoms with Crippen molar-refractivity contribution in [1.82, 2.24) is 30.1 Å². The summed E-state index contributed by atoms with van der Waals surface area (Å²) < 4.78 is 13.3. The van der Waals surface area contributed by atoms with E-state index in [4.69, 9.17) is 9.47 Å². The molecule has 0 unspecified atom stereocenters. The third kappa shape index (κ3) is 6.72. The molecule has 0 saturated carbocycles. The van der Waals surface area contributed by atoms with E-state index in [9.17, 15) is 14.4 Å². The zero-order valence-corrected chi connectivity index (χ0v) is 25.2. The van der Waals surface area contributed by atoms with Crippen molar-refractivity contribution in [2.24, 2.45) is 5.92 Å². The van der Waals surface area contributed by atoms with Gasteiger partial charge in [-0.3, -0.25) is 19.4 Å². The third-order valence-electron chi connectivity index (χ3n) is 7.44. The van der Waals surface area contributed by atoms with Gasteiger partial charge in [0.25, 0.3) is 11.8 Å². The number of benzene rings is 2. The summed E-state index contributed by atoms with van der Waals surface area (Å²) >= 11 is 0. The summed E-state index contributed by atoms with van der Waals surface area (Å²) in [4.78, 5) is 50.6. The minimum Gasteiger partial charge on any atom is -0.493 e. The highest BCUT2D eigenvalue weighted by molar-refractivity contribution is 5.98. The Morgan fingerprint density at radius 1 is 1.02 bits per heavy atom. The smallest absolute Gasteiger partial charge is 0.254 e. The van der Waals surface area contributed by atoms with Crippen LogP contribution in [0, 0.1) is 5.92 Å². The van der Waals surface area contributed by atoms with Crippen molar-refractivity contribution < 1.29 is 23.9 Å². The van der Waals surface area contributed by atoms with Crippen LogP contribution in [-0.4, -0.2) is 70.5 Å². The number of carbonyl (C=O) groups excluding carboxylic acids is 3. The van der Waals surface area contributed by atoms with Crippen LogP contribution in [0.4, 0.5) is 0 Å². The average molecular weight is 597 g/mol. The van der Waals surface area contributed by atoms with Crippen LogP contribution >= 0.6 is 0 Å². The van der Waals surface area contributed by atoms with Crippen LogP contribution in [0.2, 0.25) is 0 Å². The molecule has 5 rings (SSSR count). The summed E-state index contributed by atoms with van der Waals surface area (Å²) in [5.41, 5.74) is 3.74. The largest absolute Gasteiger partial charge is 0.493 e. The van der Waals surface area contributed by atoms with E-state index in [1.54, 1.807) is 56.0 Å². The summed E-state index contributed by atoms with van der Waals surface area (Å²) in [5, 5.41) is 5.81. The third-order valence-corrected chi connectivity index (χ3v) is 7.44. The normalized spacial score (nSPS) is 15.6. The Kier molecular flexibility index (Phi) is 9.23. The number of methoxy groups -OCH3 is 2. The molecule has 0 saturated heterocycles. The second-order valence-electron chi connectivity index (χ2n) is 11.0. The van der Waals surface area contributed by atoms with Crippen molar-refractivity contribution in [3.05, 3.63) is 90.3 Å². The van der Waals surface area contributed by atoms with E-state index >= 15 is 0 Å². The van der Waals surface area contributed by atoms with Gasteiger partial charge in [0.05, 0.1) is 26.1 Å². The molecule has 0 fully saturated rings. The van der Waals surface area contributed by atoms with E-state index < -0.39 is 11.9 Å². The Labute approximate surface area is 256 Å². The number of rotatable bonds is 6. The summed E-state index contributed by atoms with van der Waals surface area (Å²) in [6, 6.07) is 11.9. The Hall–Kier alpha value is -5.19. The van der Waals surface area contributed by atoms with Crippen LogP contribution in [0.5, 0.6) is 11.5 Å². The maximum absolute atomic E-state index is 13.9. The van der Waals surface area contributed by atoms with Crippen LogP contribution < -0.4 is 20.1 Å². The van der Waals surface area contributed by atoms with Crippen LogP contribution in [0.3, 0.4) is 0 Å². The van der Waals surface area contributed by atoms with Gasteiger partial charge in [0.1, 0.15) is 6.04 Å². The van der Waals surface area contributed by atoms with Gasteiger partial charge in [-0.05, 0) is 60.4 Å². The van der Waals surface area contributed by atoms with E-state index in [-0.39, 0.29) is 37.4 Å². The molecule has 11 nitrogen and oxygen atoms in total. The number of nitrogens with one attached hydrogen (secondary N) is 2. The number of nitrogens with zero attached hydrogens (tertiary/aromatic N) is 4. The molecule has 0 spiro atoms. The first-order valence-electron chi connectivity index (χ1n) is 14.4. The number of amides is 3. The van der Waals surface area contributed by atoms with Crippen molar-refractivity contribution >= 4 is 17.7 Å². The monoisotopic (exact) mass is 596 g/mol. The lowest BCUT2D eigenvalue weighted by molar-refractivity contribution is -0.123. The number of hydrogen-bond acceptors (Lipinski definition) is 7. The fraction of sp³-hybridized carbons (Fsp3) is 0.303. The number of imidazole rings is 1. The molecular weight excluding hydrogens is 560 g/mol. The van der Waals surface area contributed by atoms with Gasteiger partial charge in [-0.25, -0.2) is 4.98 Å². The molecule has 1 aliphatic heterocycles. The van der Waals surface area contributed by atoms with E-state index in [0.29, 0.717) is 40.2 Å². The number of fused-ring (bicyclic) bond motifs is 5. The van der Waals surface area contributed by atoms with Crippen molar-refractivity contribution in [3.8, 4) is 28.3 Å². The van der Waals surface area contributed by atoms with Gasteiger partial charge in [0.15, 0.2) is 11.5 Å². The Morgan fingerprint density at radius 2 is 1.80 bits per heavy atom. The molecule has 4 aromatic rings. The second-order valence-corrected chi connectivity index (χ2v) is 11.0. The zero-order valence-electron chi connectivity index (χ0n) is 25.2. The topological polar surface area (TPSA) is 128 Å². The number of ether oxygens (including phenoxy) is 2. The highest BCUT2D eigenvalue weighted by Crippen LogP contribution is 2.39. The molecule has 3 heterocycles. The first-order valence-corrected chi connectivity index (χ1v) is 14.4. The van der Waals surface area contributed by atoms with Gasteiger partial charge in [-0.1, -0.05) is 13.8 Å². The predicted molar refractivity (Wildman–Crippen MR) is 165 cm³/mol. The van der Waals surface area contributed by atoms with Crippen molar-refractivity contribution in [2.45, 2.75) is 32.9 Å². The molecule has 4 bridgehead atoms. The van der Waals surface area contributed by atoms with Crippen LogP contribution in [-0.2, 0) is 11.3 Å². The van der Waals surface area contributed by atoms with Gasteiger partial charge in [0.2, 0.25) is 5.91 Å². The molecule has 2 aromatic carbocycles. The van der Waals surface area contributed by atoms with Crippen LogP contribution in [0.25, 0.3) is 16.8 Å². The Morgan fingerprint density at radius 3 is 2.48 bits per heavy atom. The molecule has 1 aliphatic rings. The maximum atomic E-state index is 13.9. The first-order chi connectivity index (χ1) is 21.3. The fourth-order valence-corrected chi connectivity index (χ4v) is 5.26. The Bertz CT molecular complexity index is 1640. The lowest BCUT2D eigenvalue weighted by Crippen LogP contribution is -2.49. The summed E-state index contributed by atoms with van der Waals surface area (Å²) in [7, 11) is 3.09. The van der Waals surface area contributed by atoms with E-state index in [2.05, 4.69) is 20.6 Å². The Balaban J connectivity index is 1.56. The molecule has 2 N–H and O–H groups in total. The van der Waals surface area contributed by atoms with E-state index in [0.717, 1.165) is 11.3 Å². The zero-order chi connectivity index (χ0) is 31.2. The number of hydrogen-bond donors (Lipinski definition) is 2. The molecule has 0 radical (unpaired) electrons. The molecular formula is C33H36N6O5. The van der Waals surface area contributed by atoms with Gasteiger partial charge < -0.3 is 29.6 Å². The van der Waals surface area contributed by atoms with Crippen LogP contribution in [0.15, 0.2) is 73.6 Å². The van der Waals surface area contributed by atoms with E-state index in [1.807, 2.05) is 48.9 Å². The molecule has 11 heteroatoms. The highest BCUT2D eigenvalue weighted by Gasteiger charge is 2.25. The van der Waals surface area contributed by atoms with Crippen LogP contribution in [0.1, 0.15) is 46.5 Å². The molecule has 228 valence electrons. The highest BCUT2D eigenvalue weighted by atomic mass is 16.5. The molecule has 2 aromatic heterocycles. The number of aromatic nitrogens is 3. The maximum Gasteiger partial charge on any atom is 0.254 e. The van der Waals surface area contributed by atoms with Crippen molar-refractivity contribution in [2.75, 3.05) is 27.3 Å². The predicted octanol–water partition coefficient (Wildman–Crippen LogP) is 3.87. The summed E-state index contributed by atoms with van der Waals surface area (Å²) in [6.45, 7) is 4.63. The number of pyridine rings is 1. The van der Waals surface area contributed by atoms with Crippen molar-refractivity contribution in [1.29, 1.82) is 0 Å². The van der Waals surface area contributed by atoms with Gasteiger partial charge in [-0.15, -0.1) is 0 Å². The van der Waals surface area contributed by atoms with Gasteiger partial charge >= 0.3 is 0 Å². The average Bonchev–Trinajstić information content (AvgIpc) is 3.58. The molecule has 3 amide bonds. The summed E-state index contributed by atoms with van der Waals surface area (Å²) in [6.07, 6.45) is 8.76. The molecule has 0 aliphatic carbocycles. The van der Waals surface area contributed by atoms with Gasteiger partial charge in [-0.2, -0.15) is 0 Å². The summed E-state index contributed by atoms with van der Waals surface area (Å²) in [5.74, 6) is 0.177. The molecule has 44 heavy (non-hydrogen) atoms. The minimum absolute atomic E-state index is 0.152. The standard InChI is InChI=1S/C33H36N6O5/c1-21(2)13-28-32(41)36-10-12-38(33(42)23-5-7-26(8-6-23)39-11-9-34-20-39)19-22-14-27(30(44-4)29(15-22)43-3)24-16-25(18-35-17-24)31(40)37-28/h5-9,11,14-18,20-21,28H,10,12-13,19H2,1-4H3,(H,36,41)(H,37,40)/t28-/m1/s1. The minimum atomic E-state index is -0.758. The molecule has 1 atom stereocenters. The van der Waals surface area contributed by atoms with E-state index in [1.165, 1.54) is 6.20 Å². The first kappa shape index (κ1) is 30.3. The lowest BCUT2D eigenvalue weighted by Gasteiger charge is -2.25. The quantitative estimate of drug-likeness (QED) is 0.346. The van der Waals surface area contributed by atoms with Gasteiger partial charge in [0, 0.05) is 66.8 Å². The fourth-order valence-electron chi connectivity index (χ4n) is 5.26. The second kappa shape index (κ2) is 13.4. The SMILES string of the molecule is COc1cc2cc(c1OC)-c1cncc(c1)C(=O)N[C@H](CC(C)C)C(=O)NCCN(C(=O)c1ccc(-n3ccnc3)cc1)C2. The number of carbonyl (C=O) groups is 3.